The Hall–Kier alpha value is -1.69. The Morgan fingerprint density at radius 2 is 1.96 bits per heavy atom. The van der Waals surface area contributed by atoms with E-state index in [2.05, 4.69) is 10.6 Å². The minimum atomic E-state index is -0.436. The molecule has 0 aliphatic carbocycles. The summed E-state index contributed by atoms with van der Waals surface area (Å²) in [4.78, 5) is 25.2. The van der Waals surface area contributed by atoms with Gasteiger partial charge in [-0.15, -0.1) is 11.8 Å². The third-order valence-electron chi connectivity index (χ3n) is 3.55. The predicted octanol–water partition coefficient (Wildman–Crippen LogP) is 4.11. The Balaban J connectivity index is 1.57. The number of halogens is 2. The molecule has 0 saturated carbocycles. The molecule has 0 spiro atoms. The van der Waals surface area contributed by atoms with Gasteiger partial charge in [0.2, 0.25) is 11.8 Å². The second-order valence-electron chi connectivity index (χ2n) is 5.32. The van der Waals surface area contributed by atoms with E-state index in [9.17, 15) is 9.59 Å². The van der Waals surface area contributed by atoms with E-state index >= 15 is 0 Å². The molecule has 1 atom stereocenters. The van der Waals surface area contributed by atoms with Crippen molar-refractivity contribution in [2.75, 3.05) is 5.32 Å². The second-order valence-corrected chi connectivity index (χ2v) is 7.38. The molecule has 3 rings (SSSR count). The van der Waals surface area contributed by atoms with Crippen molar-refractivity contribution in [3.05, 3.63) is 58.1 Å². The van der Waals surface area contributed by atoms with Crippen LogP contribution < -0.4 is 10.6 Å². The molecule has 7 heteroatoms. The van der Waals surface area contributed by atoms with Gasteiger partial charge in [-0.25, -0.2) is 0 Å². The van der Waals surface area contributed by atoms with Gasteiger partial charge in [0.1, 0.15) is 0 Å². The molecule has 0 radical (unpaired) electrons. The van der Waals surface area contributed by atoms with E-state index in [1.165, 1.54) is 11.8 Å². The fourth-order valence-corrected chi connectivity index (χ4v) is 3.75. The Morgan fingerprint density at radius 3 is 2.75 bits per heavy atom. The number of hydrogen-bond donors (Lipinski definition) is 2. The van der Waals surface area contributed by atoms with Crippen LogP contribution in [0, 0.1) is 0 Å². The fraction of sp³-hybridized carbons (Fsp3) is 0.176. The van der Waals surface area contributed by atoms with Crippen LogP contribution in [0.4, 0.5) is 5.69 Å². The van der Waals surface area contributed by atoms with Gasteiger partial charge < -0.3 is 10.6 Å². The summed E-state index contributed by atoms with van der Waals surface area (Å²) in [5.74, 6) is -0.337. The maximum absolute atomic E-state index is 12.1. The van der Waals surface area contributed by atoms with Crippen molar-refractivity contribution in [1.82, 2.24) is 5.32 Å². The van der Waals surface area contributed by atoms with Crippen LogP contribution >= 0.6 is 35.0 Å². The van der Waals surface area contributed by atoms with Crippen LogP contribution in [0.5, 0.6) is 0 Å². The third kappa shape index (κ3) is 4.04. The highest BCUT2D eigenvalue weighted by Gasteiger charge is 2.28. The normalized spacial score (nSPS) is 16.2. The van der Waals surface area contributed by atoms with Crippen molar-refractivity contribution < 1.29 is 9.59 Å². The number of carbonyl (C=O) groups excluding carboxylic acids is 2. The number of para-hydroxylation sites is 1. The van der Waals surface area contributed by atoms with Crippen molar-refractivity contribution in [1.29, 1.82) is 0 Å². The highest BCUT2D eigenvalue weighted by Crippen LogP contribution is 2.36. The van der Waals surface area contributed by atoms with Crippen LogP contribution in [0.2, 0.25) is 10.0 Å². The highest BCUT2D eigenvalue weighted by atomic mass is 35.5. The molecule has 0 fully saturated rings. The van der Waals surface area contributed by atoms with Gasteiger partial charge in [-0.05, 0) is 29.8 Å². The van der Waals surface area contributed by atoms with E-state index in [4.69, 9.17) is 23.2 Å². The molecule has 4 nitrogen and oxygen atoms in total. The van der Waals surface area contributed by atoms with Crippen LogP contribution in [0.25, 0.3) is 0 Å². The van der Waals surface area contributed by atoms with Gasteiger partial charge in [0.05, 0.1) is 21.0 Å². The predicted molar refractivity (Wildman–Crippen MR) is 97.6 cm³/mol. The molecule has 124 valence electrons. The van der Waals surface area contributed by atoms with Crippen molar-refractivity contribution >= 4 is 52.5 Å². The number of amides is 2. The molecule has 1 aliphatic heterocycles. The van der Waals surface area contributed by atoms with Gasteiger partial charge >= 0.3 is 0 Å². The van der Waals surface area contributed by atoms with Gasteiger partial charge in [0.25, 0.3) is 0 Å². The topological polar surface area (TPSA) is 58.2 Å². The average Bonchev–Trinajstić information content (AvgIpc) is 2.56. The second kappa shape index (κ2) is 7.47. The lowest BCUT2D eigenvalue weighted by molar-refractivity contribution is -0.124. The van der Waals surface area contributed by atoms with Crippen LogP contribution in [-0.2, 0) is 16.1 Å². The summed E-state index contributed by atoms with van der Waals surface area (Å²) >= 11 is 13.2. The van der Waals surface area contributed by atoms with Crippen molar-refractivity contribution in [3.63, 3.8) is 0 Å². The van der Waals surface area contributed by atoms with Crippen LogP contribution in [0.15, 0.2) is 47.4 Å². The quantitative estimate of drug-likeness (QED) is 0.838. The molecule has 2 aromatic carbocycles. The van der Waals surface area contributed by atoms with Gasteiger partial charge in [0, 0.05) is 17.9 Å². The number of thioether (sulfide) groups is 1. The Kier molecular flexibility index (Phi) is 5.33. The molecule has 1 aliphatic rings. The van der Waals surface area contributed by atoms with Gasteiger partial charge in [-0.1, -0.05) is 41.4 Å². The van der Waals surface area contributed by atoms with Crippen LogP contribution in [0.3, 0.4) is 0 Å². The maximum atomic E-state index is 12.1. The lowest BCUT2D eigenvalue weighted by Gasteiger charge is -2.23. The van der Waals surface area contributed by atoms with Crippen LogP contribution in [0.1, 0.15) is 12.0 Å². The summed E-state index contributed by atoms with van der Waals surface area (Å²) in [6, 6.07) is 12.7. The van der Waals surface area contributed by atoms with E-state index in [0.29, 0.717) is 16.6 Å². The smallest absolute Gasteiger partial charge is 0.238 e. The first-order chi connectivity index (χ1) is 11.5. The fourth-order valence-electron chi connectivity index (χ4n) is 2.32. The Labute approximate surface area is 153 Å². The Bertz CT molecular complexity index is 798. The van der Waals surface area contributed by atoms with Gasteiger partial charge in [-0.3, -0.25) is 9.59 Å². The molecule has 0 aromatic heterocycles. The first kappa shape index (κ1) is 17.1. The first-order valence-electron chi connectivity index (χ1n) is 7.30. The van der Waals surface area contributed by atoms with E-state index < -0.39 is 5.25 Å². The highest BCUT2D eigenvalue weighted by molar-refractivity contribution is 8.01. The van der Waals surface area contributed by atoms with E-state index in [1.54, 1.807) is 18.2 Å². The number of carbonyl (C=O) groups is 2. The zero-order valence-corrected chi connectivity index (χ0v) is 14.8. The zero-order valence-electron chi connectivity index (χ0n) is 12.5. The van der Waals surface area contributed by atoms with E-state index in [-0.39, 0.29) is 18.2 Å². The van der Waals surface area contributed by atoms with Gasteiger partial charge in [0.15, 0.2) is 0 Å². The third-order valence-corrected chi connectivity index (χ3v) is 5.57. The standard InChI is InChI=1S/C17H14Cl2N2O2S/c18-11-6-5-10(7-12(11)19)9-20-16(22)8-15-17(23)21-13-3-1-2-4-14(13)24-15/h1-7,15H,8-9H2,(H,20,22)(H,21,23). The lowest BCUT2D eigenvalue weighted by Crippen LogP contribution is -2.34. The van der Waals surface area contributed by atoms with Crippen molar-refractivity contribution in [2.45, 2.75) is 23.1 Å². The monoisotopic (exact) mass is 380 g/mol. The summed E-state index contributed by atoms with van der Waals surface area (Å²) in [6.07, 6.45) is 0.117. The molecule has 1 unspecified atom stereocenters. The number of benzene rings is 2. The number of fused-ring (bicyclic) bond motifs is 1. The number of rotatable bonds is 4. The summed E-state index contributed by atoms with van der Waals surface area (Å²) in [6.45, 7) is 0.339. The molecule has 2 amide bonds. The van der Waals surface area contributed by atoms with E-state index in [0.717, 1.165) is 16.1 Å². The lowest BCUT2D eigenvalue weighted by atomic mass is 10.2. The average molecular weight is 381 g/mol. The minimum absolute atomic E-state index is 0.117. The molecule has 2 aromatic rings. The SMILES string of the molecule is O=C(CC1Sc2ccccc2NC1=O)NCc1ccc(Cl)c(Cl)c1. The van der Waals surface area contributed by atoms with E-state index in [1.807, 2.05) is 24.3 Å². The number of anilines is 1. The number of hydrogen-bond acceptors (Lipinski definition) is 3. The molecular formula is C17H14Cl2N2O2S. The van der Waals surface area contributed by atoms with Crippen molar-refractivity contribution in [3.8, 4) is 0 Å². The molecule has 2 N–H and O–H groups in total. The summed E-state index contributed by atoms with van der Waals surface area (Å²) in [5.41, 5.74) is 1.64. The summed E-state index contributed by atoms with van der Waals surface area (Å²) in [7, 11) is 0. The molecule has 0 bridgehead atoms. The van der Waals surface area contributed by atoms with Crippen molar-refractivity contribution in [2.24, 2.45) is 0 Å². The zero-order chi connectivity index (χ0) is 17.1. The maximum Gasteiger partial charge on any atom is 0.238 e. The molecule has 24 heavy (non-hydrogen) atoms. The molecule has 1 heterocycles. The molecular weight excluding hydrogens is 367 g/mol. The summed E-state index contributed by atoms with van der Waals surface area (Å²) < 4.78 is 0. The van der Waals surface area contributed by atoms with Crippen LogP contribution in [-0.4, -0.2) is 17.1 Å². The minimum Gasteiger partial charge on any atom is -0.352 e. The molecule has 0 saturated heterocycles. The largest absolute Gasteiger partial charge is 0.352 e. The first-order valence-corrected chi connectivity index (χ1v) is 8.93. The summed E-state index contributed by atoms with van der Waals surface area (Å²) in [5, 5.41) is 6.12. The Morgan fingerprint density at radius 1 is 1.17 bits per heavy atom. The number of nitrogens with one attached hydrogen (secondary N) is 2. The van der Waals surface area contributed by atoms with Gasteiger partial charge in [-0.2, -0.15) is 0 Å².